The number of ether oxygens (including phenoxy) is 2. The van der Waals surface area contributed by atoms with Crippen molar-refractivity contribution in [3.05, 3.63) is 60.3 Å². The molecule has 25 heavy (non-hydrogen) atoms. The maximum Gasteiger partial charge on any atom is 0.169 e. The van der Waals surface area contributed by atoms with Gasteiger partial charge in [-0.25, -0.2) is 0 Å². The number of nitrogens with zero attached hydrogens (tertiary/aromatic N) is 2. The van der Waals surface area contributed by atoms with Crippen LogP contribution in [0, 0.1) is 0 Å². The topological polar surface area (TPSA) is 34.6 Å². The number of fused-ring (bicyclic) bond motifs is 1. The van der Waals surface area contributed by atoms with E-state index in [0.29, 0.717) is 0 Å². The predicted molar refractivity (Wildman–Crippen MR) is 99.3 cm³/mol. The Morgan fingerprint density at radius 2 is 1.84 bits per heavy atom. The predicted octanol–water partition coefficient (Wildman–Crippen LogP) is 4.63. The highest BCUT2D eigenvalue weighted by molar-refractivity contribution is 5.79. The van der Waals surface area contributed by atoms with Crippen LogP contribution in [0.1, 0.15) is 18.4 Å². The van der Waals surface area contributed by atoms with Crippen molar-refractivity contribution in [2.45, 2.75) is 19.4 Å². The summed E-state index contributed by atoms with van der Waals surface area (Å²) in [5, 5.41) is 1.06. The van der Waals surface area contributed by atoms with E-state index in [1.165, 1.54) is 31.5 Å². The van der Waals surface area contributed by atoms with Gasteiger partial charge < -0.3 is 9.47 Å². The largest absolute Gasteiger partial charge is 0.493 e. The number of methoxy groups -OCH3 is 1. The number of hydrogen-bond donors (Lipinski definition) is 0. The maximum atomic E-state index is 6.11. The van der Waals surface area contributed by atoms with Crippen LogP contribution in [0.25, 0.3) is 10.9 Å². The Hall–Kier alpha value is -2.59. The van der Waals surface area contributed by atoms with Gasteiger partial charge in [-0.15, -0.1) is 0 Å². The van der Waals surface area contributed by atoms with Crippen LogP contribution in [0.5, 0.6) is 17.2 Å². The summed E-state index contributed by atoms with van der Waals surface area (Å²) in [6.07, 6.45) is 4.35. The molecule has 0 radical (unpaired) electrons. The zero-order valence-corrected chi connectivity index (χ0v) is 14.4. The summed E-state index contributed by atoms with van der Waals surface area (Å²) in [6, 6.07) is 16.2. The summed E-state index contributed by atoms with van der Waals surface area (Å²) in [6.45, 7) is 3.31. The molecule has 4 rings (SSSR count). The first kappa shape index (κ1) is 15.9. The Morgan fingerprint density at radius 1 is 1.00 bits per heavy atom. The fourth-order valence-electron chi connectivity index (χ4n) is 3.33. The van der Waals surface area contributed by atoms with Crippen molar-refractivity contribution < 1.29 is 9.47 Å². The number of pyridine rings is 1. The molecule has 0 unspecified atom stereocenters. The highest BCUT2D eigenvalue weighted by atomic mass is 16.5. The summed E-state index contributed by atoms with van der Waals surface area (Å²) < 4.78 is 11.6. The van der Waals surface area contributed by atoms with E-state index in [4.69, 9.17) is 9.47 Å². The molecule has 1 aliphatic heterocycles. The molecule has 0 aliphatic carbocycles. The Bertz CT molecular complexity index is 873. The first-order chi connectivity index (χ1) is 12.3. The Morgan fingerprint density at radius 3 is 2.68 bits per heavy atom. The summed E-state index contributed by atoms with van der Waals surface area (Å²) in [7, 11) is 1.67. The molecule has 1 aliphatic rings. The lowest BCUT2D eigenvalue weighted by atomic mass is 10.2. The number of likely N-dealkylation sites (tertiary alicyclic amines) is 1. The van der Waals surface area contributed by atoms with Crippen LogP contribution < -0.4 is 9.47 Å². The molecule has 4 heteroatoms. The van der Waals surface area contributed by atoms with Gasteiger partial charge in [-0.1, -0.05) is 24.3 Å². The van der Waals surface area contributed by atoms with Crippen molar-refractivity contribution in [1.82, 2.24) is 9.88 Å². The van der Waals surface area contributed by atoms with Crippen molar-refractivity contribution in [3.8, 4) is 17.2 Å². The fourth-order valence-corrected chi connectivity index (χ4v) is 3.33. The average Bonchev–Trinajstić information content (AvgIpc) is 3.15. The van der Waals surface area contributed by atoms with Gasteiger partial charge in [-0.2, -0.15) is 0 Å². The molecule has 3 aromatic rings. The summed E-state index contributed by atoms with van der Waals surface area (Å²) >= 11 is 0. The second kappa shape index (κ2) is 7.11. The molecule has 0 N–H and O–H groups in total. The molecule has 1 fully saturated rings. The molecular weight excluding hydrogens is 312 g/mol. The number of para-hydroxylation sites is 1. The maximum absolute atomic E-state index is 6.11. The number of rotatable bonds is 5. The Labute approximate surface area is 148 Å². The van der Waals surface area contributed by atoms with Crippen molar-refractivity contribution in [2.24, 2.45) is 0 Å². The van der Waals surface area contributed by atoms with Crippen LogP contribution >= 0.6 is 0 Å². The standard InChI is InChI=1S/C21H22N2O2/c1-24-20-9-8-16(15-23-10-4-5-11-23)12-21(20)25-18-13-17-6-2-3-7-19(17)22-14-18/h2-3,6-9,12-14H,4-5,10-11,15H2,1H3. The van der Waals surface area contributed by atoms with E-state index in [1.807, 2.05) is 36.4 Å². The van der Waals surface area contributed by atoms with Crippen LogP contribution in [-0.2, 0) is 6.54 Å². The van der Waals surface area contributed by atoms with Gasteiger partial charge in [-0.05, 0) is 55.8 Å². The van der Waals surface area contributed by atoms with E-state index < -0.39 is 0 Å². The van der Waals surface area contributed by atoms with Gasteiger partial charge in [0.05, 0.1) is 18.8 Å². The van der Waals surface area contributed by atoms with Crippen molar-refractivity contribution in [3.63, 3.8) is 0 Å². The highest BCUT2D eigenvalue weighted by Gasteiger charge is 2.14. The van der Waals surface area contributed by atoms with Crippen LogP contribution in [-0.4, -0.2) is 30.1 Å². The summed E-state index contributed by atoms with van der Waals surface area (Å²) in [4.78, 5) is 6.94. The first-order valence-electron chi connectivity index (χ1n) is 8.74. The third kappa shape index (κ3) is 3.59. The lowest BCUT2D eigenvalue weighted by Gasteiger charge is -2.17. The second-order valence-electron chi connectivity index (χ2n) is 6.43. The minimum absolute atomic E-state index is 0.718. The van der Waals surface area contributed by atoms with Gasteiger partial charge in [-0.3, -0.25) is 9.88 Å². The van der Waals surface area contributed by atoms with Crippen molar-refractivity contribution in [2.75, 3.05) is 20.2 Å². The molecule has 4 nitrogen and oxygen atoms in total. The zero-order chi connectivity index (χ0) is 17.1. The number of benzene rings is 2. The molecule has 128 valence electrons. The normalized spacial score (nSPS) is 14.8. The highest BCUT2D eigenvalue weighted by Crippen LogP contribution is 2.33. The van der Waals surface area contributed by atoms with Crippen LogP contribution in [0.2, 0.25) is 0 Å². The number of hydrogen-bond acceptors (Lipinski definition) is 4. The molecule has 0 bridgehead atoms. The number of aromatic nitrogens is 1. The van der Waals surface area contributed by atoms with Crippen LogP contribution in [0.3, 0.4) is 0 Å². The zero-order valence-electron chi connectivity index (χ0n) is 14.4. The first-order valence-corrected chi connectivity index (χ1v) is 8.74. The van der Waals surface area contributed by atoms with Gasteiger partial charge in [0.15, 0.2) is 11.5 Å². The molecule has 1 aromatic heterocycles. The third-order valence-electron chi connectivity index (χ3n) is 4.63. The van der Waals surface area contributed by atoms with Gasteiger partial charge in [0.1, 0.15) is 5.75 Å². The van der Waals surface area contributed by atoms with Gasteiger partial charge in [0.2, 0.25) is 0 Å². The molecular formula is C21H22N2O2. The van der Waals surface area contributed by atoms with E-state index in [2.05, 4.69) is 22.0 Å². The molecule has 0 spiro atoms. The quantitative estimate of drug-likeness (QED) is 0.681. The Balaban J connectivity index is 1.60. The monoisotopic (exact) mass is 334 g/mol. The van der Waals surface area contributed by atoms with Crippen molar-refractivity contribution >= 4 is 10.9 Å². The van der Waals surface area contributed by atoms with Gasteiger partial charge in [0.25, 0.3) is 0 Å². The van der Waals surface area contributed by atoms with E-state index in [1.54, 1.807) is 13.3 Å². The lowest BCUT2D eigenvalue weighted by Crippen LogP contribution is -2.18. The summed E-state index contributed by atoms with van der Waals surface area (Å²) in [5.74, 6) is 2.19. The molecule has 2 aromatic carbocycles. The molecule has 0 atom stereocenters. The minimum Gasteiger partial charge on any atom is -0.493 e. The lowest BCUT2D eigenvalue weighted by molar-refractivity contribution is 0.329. The summed E-state index contributed by atoms with van der Waals surface area (Å²) in [5.41, 5.74) is 2.20. The van der Waals surface area contributed by atoms with Crippen molar-refractivity contribution in [1.29, 1.82) is 0 Å². The van der Waals surface area contributed by atoms with Crippen LogP contribution in [0.4, 0.5) is 0 Å². The van der Waals surface area contributed by atoms with E-state index >= 15 is 0 Å². The average molecular weight is 334 g/mol. The minimum atomic E-state index is 0.718. The third-order valence-corrected chi connectivity index (χ3v) is 4.63. The SMILES string of the molecule is COc1ccc(CN2CCCC2)cc1Oc1cnc2ccccc2c1. The molecule has 1 saturated heterocycles. The fraction of sp³-hybridized carbons (Fsp3) is 0.286. The van der Waals surface area contributed by atoms with E-state index in [9.17, 15) is 0 Å². The van der Waals surface area contributed by atoms with Gasteiger partial charge in [0, 0.05) is 11.9 Å². The molecule has 0 saturated carbocycles. The second-order valence-corrected chi connectivity index (χ2v) is 6.43. The van der Waals surface area contributed by atoms with Crippen LogP contribution in [0.15, 0.2) is 54.7 Å². The van der Waals surface area contributed by atoms with E-state index in [-0.39, 0.29) is 0 Å². The molecule has 2 heterocycles. The Kier molecular flexibility index (Phi) is 4.53. The van der Waals surface area contributed by atoms with E-state index in [0.717, 1.165) is 34.7 Å². The smallest absolute Gasteiger partial charge is 0.169 e. The molecule has 0 amide bonds. The van der Waals surface area contributed by atoms with Gasteiger partial charge >= 0.3 is 0 Å².